The predicted octanol–water partition coefficient (Wildman–Crippen LogP) is 2.23. The molecule has 0 aliphatic heterocycles. The number of carbonyl (C=O) groups excluding carboxylic acids is 1. The summed E-state index contributed by atoms with van der Waals surface area (Å²) in [5.41, 5.74) is 0. The Bertz CT molecular complexity index is 236. The molecule has 1 nitrogen and oxygen atoms in total. The lowest BCUT2D eigenvalue weighted by molar-refractivity contribution is -0.123. The van der Waals surface area contributed by atoms with Crippen molar-refractivity contribution in [1.82, 2.24) is 0 Å². The standard InChI is InChI=1S/C10H13ClO/c11-10-7-4-8(12)9(10)6-3-1-2-5(6)7/h5-7,9-10H,1-4H2. The van der Waals surface area contributed by atoms with E-state index in [4.69, 9.17) is 11.6 Å². The normalized spacial score (nSPS) is 56.4. The summed E-state index contributed by atoms with van der Waals surface area (Å²) in [5, 5.41) is 0.202. The molecule has 0 saturated heterocycles. The molecule has 0 aromatic carbocycles. The quantitative estimate of drug-likeness (QED) is 0.528. The molecule has 3 rings (SSSR count). The Morgan fingerprint density at radius 2 is 1.92 bits per heavy atom. The molecule has 0 amide bonds. The van der Waals surface area contributed by atoms with Crippen molar-refractivity contribution >= 4 is 17.4 Å². The molecule has 0 spiro atoms. The van der Waals surface area contributed by atoms with Crippen LogP contribution < -0.4 is 0 Å². The van der Waals surface area contributed by atoms with Gasteiger partial charge in [0.05, 0.1) is 0 Å². The van der Waals surface area contributed by atoms with Gasteiger partial charge in [-0.15, -0.1) is 11.6 Å². The van der Waals surface area contributed by atoms with E-state index in [9.17, 15) is 4.79 Å². The van der Waals surface area contributed by atoms with Gasteiger partial charge in [-0.25, -0.2) is 0 Å². The summed E-state index contributed by atoms with van der Waals surface area (Å²) in [4.78, 5) is 11.5. The van der Waals surface area contributed by atoms with Crippen molar-refractivity contribution in [3.05, 3.63) is 0 Å². The van der Waals surface area contributed by atoms with E-state index in [0.29, 0.717) is 17.6 Å². The summed E-state index contributed by atoms with van der Waals surface area (Å²) in [5.74, 6) is 2.76. The van der Waals surface area contributed by atoms with Crippen molar-refractivity contribution < 1.29 is 4.79 Å². The molecule has 0 radical (unpaired) electrons. The van der Waals surface area contributed by atoms with Crippen LogP contribution in [0.2, 0.25) is 0 Å². The molecule has 3 aliphatic rings. The van der Waals surface area contributed by atoms with Crippen LogP contribution in [0.25, 0.3) is 0 Å². The molecule has 2 bridgehead atoms. The Kier molecular flexibility index (Phi) is 1.39. The first-order chi connectivity index (χ1) is 5.79. The summed E-state index contributed by atoms with van der Waals surface area (Å²) in [6.07, 6.45) is 4.72. The molecule has 2 heteroatoms. The fourth-order valence-electron chi connectivity index (χ4n) is 3.78. The maximum Gasteiger partial charge on any atom is 0.138 e. The van der Waals surface area contributed by atoms with Crippen molar-refractivity contribution in [3.63, 3.8) is 0 Å². The van der Waals surface area contributed by atoms with Gasteiger partial charge in [-0.1, -0.05) is 6.42 Å². The lowest BCUT2D eigenvalue weighted by Crippen LogP contribution is -2.24. The number of hydrogen-bond donors (Lipinski definition) is 0. The summed E-state index contributed by atoms with van der Waals surface area (Å²) in [6, 6.07) is 0. The summed E-state index contributed by atoms with van der Waals surface area (Å²) < 4.78 is 0. The van der Waals surface area contributed by atoms with Crippen molar-refractivity contribution in [1.29, 1.82) is 0 Å². The minimum atomic E-state index is 0.202. The minimum absolute atomic E-state index is 0.202. The van der Waals surface area contributed by atoms with Gasteiger partial charge in [-0.3, -0.25) is 4.79 Å². The van der Waals surface area contributed by atoms with E-state index >= 15 is 0 Å². The van der Waals surface area contributed by atoms with E-state index < -0.39 is 0 Å². The molecule has 0 heterocycles. The van der Waals surface area contributed by atoms with Gasteiger partial charge in [0.25, 0.3) is 0 Å². The van der Waals surface area contributed by atoms with Crippen LogP contribution in [0, 0.1) is 23.7 Å². The smallest absolute Gasteiger partial charge is 0.138 e. The zero-order valence-corrected chi connectivity index (χ0v) is 7.76. The predicted molar refractivity (Wildman–Crippen MR) is 47.1 cm³/mol. The molecule has 66 valence electrons. The van der Waals surface area contributed by atoms with Gasteiger partial charge in [0, 0.05) is 17.7 Å². The Balaban J connectivity index is 1.99. The lowest BCUT2D eigenvalue weighted by Gasteiger charge is -2.22. The van der Waals surface area contributed by atoms with E-state index in [1.807, 2.05) is 0 Å². The fourth-order valence-corrected chi connectivity index (χ4v) is 4.39. The third kappa shape index (κ3) is 0.693. The SMILES string of the molecule is O=C1CC2C(Cl)C1C1CCCC21. The number of Topliss-reactive ketones (excluding diaryl/α,β-unsaturated/α-hetero) is 1. The van der Waals surface area contributed by atoms with E-state index in [0.717, 1.165) is 12.3 Å². The molecule has 3 aliphatic carbocycles. The van der Waals surface area contributed by atoms with Gasteiger partial charge >= 0.3 is 0 Å². The Morgan fingerprint density at radius 1 is 1.17 bits per heavy atom. The van der Waals surface area contributed by atoms with Gasteiger partial charge in [-0.2, -0.15) is 0 Å². The molecular weight excluding hydrogens is 172 g/mol. The molecule has 0 N–H and O–H groups in total. The maximum atomic E-state index is 11.5. The average molecular weight is 185 g/mol. The zero-order valence-electron chi connectivity index (χ0n) is 7.00. The second-order valence-corrected chi connectivity index (χ2v) is 5.07. The van der Waals surface area contributed by atoms with Crippen LogP contribution in [0.5, 0.6) is 0 Å². The number of alkyl halides is 1. The molecule has 0 aromatic heterocycles. The third-order valence-electron chi connectivity index (χ3n) is 4.20. The Morgan fingerprint density at radius 3 is 2.75 bits per heavy atom. The van der Waals surface area contributed by atoms with Crippen molar-refractivity contribution in [2.45, 2.75) is 31.1 Å². The van der Waals surface area contributed by atoms with Crippen LogP contribution in [-0.2, 0) is 4.79 Å². The second-order valence-electron chi connectivity index (χ2n) is 4.56. The Labute approximate surface area is 77.5 Å². The molecule has 5 atom stereocenters. The number of halogens is 1. The van der Waals surface area contributed by atoms with Crippen LogP contribution in [0.1, 0.15) is 25.7 Å². The van der Waals surface area contributed by atoms with Crippen molar-refractivity contribution in [2.24, 2.45) is 23.7 Å². The highest BCUT2D eigenvalue weighted by atomic mass is 35.5. The summed E-state index contributed by atoms with van der Waals surface area (Å²) >= 11 is 6.25. The number of hydrogen-bond acceptors (Lipinski definition) is 1. The van der Waals surface area contributed by atoms with Crippen LogP contribution in [-0.4, -0.2) is 11.2 Å². The number of rotatable bonds is 0. The molecule has 12 heavy (non-hydrogen) atoms. The molecule has 5 unspecified atom stereocenters. The first-order valence-corrected chi connectivity index (χ1v) is 5.39. The lowest BCUT2D eigenvalue weighted by atomic mass is 9.81. The number of ketones is 1. The highest BCUT2D eigenvalue weighted by Gasteiger charge is 2.59. The highest BCUT2D eigenvalue weighted by Crippen LogP contribution is 2.58. The zero-order chi connectivity index (χ0) is 8.29. The number of carbonyl (C=O) groups is 1. The van der Waals surface area contributed by atoms with Gasteiger partial charge < -0.3 is 0 Å². The van der Waals surface area contributed by atoms with Gasteiger partial charge in [0.2, 0.25) is 0 Å². The maximum absolute atomic E-state index is 11.5. The molecule has 3 fully saturated rings. The molecule has 0 aromatic rings. The van der Waals surface area contributed by atoms with Crippen LogP contribution in [0.3, 0.4) is 0 Å². The van der Waals surface area contributed by atoms with E-state index in [-0.39, 0.29) is 11.3 Å². The summed E-state index contributed by atoms with van der Waals surface area (Å²) in [6.45, 7) is 0. The first-order valence-electron chi connectivity index (χ1n) is 4.96. The largest absolute Gasteiger partial charge is 0.299 e. The highest BCUT2D eigenvalue weighted by molar-refractivity contribution is 6.24. The van der Waals surface area contributed by atoms with Crippen LogP contribution in [0.4, 0.5) is 0 Å². The summed E-state index contributed by atoms with van der Waals surface area (Å²) in [7, 11) is 0. The second kappa shape index (κ2) is 2.25. The fraction of sp³-hybridized carbons (Fsp3) is 0.900. The van der Waals surface area contributed by atoms with Gasteiger partial charge in [-0.05, 0) is 30.6 Å². The van der Waals surface area contributed by atoms with E-state index in [1.165, 1.54) is 19.3 Å². The van der Waals surface area contributed by atoms with E-state index in [2.05, 4.69) is 0 Å². The first kappa shape index (κ1) is 7.37. The number of fused-ring (bicyclic) bond motifs is 5. The monoisotopic (exact) mass is 184 g/mol. The molecular formula is C10H13ClO. The third-order valence-corrected chi connectivity index (χ3v) is 4.79. The van der Waals surface area contributed by atoms with Gasteiger partial charge in [0.1, 0.15) is 5.78 Å². The van der Waals surface area contributed by atoms with Crippen molar-refractivity contribution in [3.8, 4) is 0 Å². The van der Waals surface area contributed by atoms with Crippen molar-refractivity contribution in [2.75, 3.05) is 0 Å². The molecule has 3 saturated carbocycles. The topological polar surface area (TPSA) is 17.1 Å². The van der Waals surface area contributed by atoms with Gasteiger partial charge in [0.15, 0.2) is 0 Å². The minimum Gasteiger partial charge on any atom is -0.299 e. The van der Waals surface area contributed by atoms with Crippen LogP contribution >= 0.6 is 11.6 Å². The Hall–Kier alpha value is -0.0400. The van der Waals surface area contributed by atoms with Crippen LogP contribution in [0.15, 0.2) is 0 Å². The average Bonchev–Trinajstić information content (AvgIpc) is 2.61. The van der Waals surface area contributed by atoms with E-state index in [1.54, 1.807) is 0 Å².